The molecule has 0 radical (unpaired) electrons. The Bertz CT molecular complexity index is 487. The van der Waals surface area contributed by atoms with Crippen molar-refractivity contribution in [3.05, 3.63) is 18.0 Å². The van der Waals surface area contributed by atoms with Gasteiger partial charge in [0.15, 0.2) is 5.69 Å². The van der Waals surface area contributed by atoms with Crippen LogP contribution in [0.3, 0.4) is 0 Å². The second-order valence-electron chi connectivity index (χ2n) is 5.27. The summed E-state index contributed by atoms with van der Waals surface area (Å²) in [7, 11) is 0. The van der Waals surface area contributed by atoms with Crippen molar-refractivity contribution in [2.75, 3.05) is 19.6 Å². The van der Waals surface area contributed by atoms with E-state index in [9.17, 15) is 18.0 Å². The first-order chi connectivity index (χ1) is 9.86. The number of hydrogen-bond acceptors (Lipinski definition) is 3. The molecular weight excluding hydrogens is 287 g/mol. The quantitative estimate of drug-likeness (QED) is 0.907. The molecule has 1 unspecified atom stereocenters. The lowest BCUT2D eigenvalue weighted by molar-refractivity contribution is -0.141. The Labute approximate surface area is 120 Å². The maximum Gasteiger partial charge on any atom is 0.435 e. The Hall–Kier alpha value is -1.57. The van der Waals surface area contributed by atoms with Gasteiger partial charge in [0.2, 0.25) is 0 Å². The molecule has 5 nitrogen and oxygen atoms in total. The number of carboxylic acid groups (broad SMARTS) is 1. The first-order valence-corrected chi connectivity index (χ1v) is 6.93. The van der Waals surface area contributed by atoms with E-state index in [1.54, 1.807) is 0 Å². The number of aliphatic carboxylic acids is 1. The maximum absolute atomic E-state index is 12.5. The molecular formula is C13H18F3N3O2. The minimum absolute atomic E-state index is 0.0836. The van der Waals surface area contributed by atoms with Crippen molar-refractivity contribution in [3.8, 4) is 0 Å². The summed E-state index contributed by atoms with van der Waals surface area (Å²) in [6, 6.07) is 0.906. The number of carboxylic acids is 1. The Kier molecular flexibility index (Phi) is 4.87. The summed E-state index contributed by atoms with van der Waals surface area (Å²) in [5, 5.41) is 12.2. The number of carbonyl (C=O) groups is 1. The fraction of sp³-hybridized carbons (Fsp3) is 0.692. The molecule has 2 heterocycles. The molecule has 21 heavy (non-hydrogen) atoms. The van der Waals surface area contributed by atoms with Crippen molar-refractivity contribution in [3.63, 3.8) is 0 Å². The molecule has 1 aromatic heterocycles. The van der Waals surface area contributed by atoms with Crippen LogP contribution in [-0.2, 0) is 11.0 Å². The molecule has 1 aliphatic rings. The van der Waals surface area contributed by atoms with Gasteiger partial charge in [0, 0.05) is 19.2 Å². The number of aromatic nitrogens is 2. The van der Waals surface area contributed by atoms with E-state index in [1.807, 2.05) is 0 Å². The Morgan fingerprint density at radius 3 is 2.86 bits per heavy atom. The monoisotopic (exact) mass is 305 g/mol. The predicted octanol–water partition coefficient (Wildman–Crippen LogP) is 2.40. The van der Waals surface area contributed by atoms with Crippen LogP contribution in [0.25, 0.3) is 0 Å². The topological polar surface area (TPSA) is 58.4 Å². The van der Waals surface area contributed by atoms with Crippen molar-refractivity contribution in [1.82, 2.24) is 14.7 Å². The van der Waals surface area contributed by atoms with Crippen molar-refractivity contribution in [2.24, 2.45) is 0 Å². The lowest BCUT2D eigenvalue weighted by Crippen LogP contribution is -2.37. The van der Waals surface area contributed by atoms with Crippen LogP contribution in [0.5, 0.6) is 0 Å². The summed E-state index contributed by atoms with van der Waals surface area (Å²) >= 11 is 0. The van der Waals surface area contributed by atoms with Crippen LogP contribution in [0.15, 0.2) is 12.3 Å². The first kappa shape index (κ1) is 15.8. The average Bonchev–Trinajstić information content (AvgIpc) is 2.88. The summed E-state index contributed by atoms with van der Waals surface area (Å²) in [5.41, 5.74) is -0.870. The highest BCUT2D eigenvalue weighted by atomic mass is 19.4. The minimum atomic E-state index is -4.42. The third kappa shape index (κ3) is 4.45. The van der Waals surface area contributed by atoms with Gasteiger partial charge in [-0.05, 0) is 38.4 Å². The average molecular weight is 305 g/mol. The van der Waals surface area contributed by atoms with Gasteiger partial charge in [-0.25, -0.2) is 0 Å². The van der Waals surface area contributed by atoms with E-state index in [0.717, 1.165) is 25.5 Å². The molecule has 118 valence electrons. The largest absolute Gasteiger partial charge is 0.481 e. The van der Waals surface area contributed by atoms with Crippen LogP contribution in [0.2, 0.25) is 0 Å². The zero-order valence-electron chi connectivity index (χ0n) is 11.5. The van der Waals surface area contributed by atoms with Gasteiger partial charge in [0.25, 0.3) is 0 Å². The summed E-state index contributed by atoms with van der Waals surface area (Å²) in [5.74, 6) is -0.828. The van der Waals surface area contributed by atoms with Gasteiger partial charge < -0.3 is 10.0 Å². The summed E-state index contributed by atoms with van der Waals surface area (Å²) in [6.07, 6.45) is -0.723. The number of likely N-dealkylation sites (tertiary alicyclic amines) is 1. The zero-order valence-corrected chi connectivity index (χ0v) is 11.5. The van der Waals surface area contributed by atoms with Gasteiger partial charge >= 0.3 is 12.1 Å². The summed E-state index contributed by atoms with van der Waals surface area (Å²) in [4.78, 5) is 12.6. The van der Waals surface area contributed by atoms with E-state index in [0.29, 0.717) is 19.5 Å². The minimum Gasteiger partial charge on any atom is -0.481 e. The van der Waals surface area contributed by atoms with Crippen LogP contribution in [0, 0.1) is 0 Å². The fourth-order valence-electron chi connectivity index (χ4n) is 2.60. The highest BCUT2D eigenvalue weighted by Crippen LogP contribution is 2.29. The van der Waals surface area contributed by atoms with E-state index >= 15 is 0 Å². The highest BCUT2D eigenvalue weighted by Gasteiger charge is 2.34. The number of halogens is 3. The van der Waals surface area contributed by atoms with Crippen molar-refractivity contribution < 1.29 is 23.1 Å². The summed E-state index contributed by atoms with van der Waals surface area (Å²) < 4.78 is 39.0. The molecule has 0 aliphatic carbocycles. The van der Waals surface area contributed by atoms with Crippen molar-refractivity contribution >= 4 is 5.97 Å². The summed E-state index contributed by atoms with van der Waals surface area (Å²) in [6.45, 7) is 2.11. The predicted molar refractivity (Wildman–Crippen MR) is 68.8 cm³/mol. The first-order valence-electron chi connectivity index (χ1n) is 6.93. The van der Waals surface area contributed by atoms with Gasteiger partial charge in [0.05, 0.1) is 6.04 Å². The molecule has 1 N–H and O–H groups in total. The maximum atomic E-state index is 12.5. The molecule has 1 aromatic rings. The van der Waals surface area contributed by atoms with Crippen LogP contribution < -0.4 is 0 Å². The SMILES string of the molecule is O=C(O)CCCN1CCCC(n2ccc(C(F)(F)F)n2)C1. The number of alkyl halides is 3. The van der Waals surface area contributed by atoms with E-state index in [2.05, 4.69) is 10.00 Å². The lowest BCUT2D eigenvalue weighted by Gasteiger charge is -2.32. The Morgan fingerprint density at radius 1 is 1.48 bits per heavy atom. The second-order valence-corrected chi connectivity index (χ2v) is 5.27. The third-order valence-corrected chi connectivity index (χ3v) is 3.62. The van der Waals surface area contributed by atoms with Gasteiger partial charge in [-0.15, -0.1) is 0 Å². The van der Waals surface area contributed by atoms with Crippen LogP contribution >= 0.6 is 0 Å². The van der Waals surface area contributed by atoms with Crippen LogP contribution in [-0.4, -0.2) is 45.4 Å². The molecule has 1 aliphatic heterocycles. The molecule has 1 saturated heterocycles. The molecule has 0 bridgehead atoms. The van der Waals surface area contributed by atoms with E-state index in [1.165, 1.54) is 10.9 Å². The van der Waals surface area contributed by atoms with Gasteiger partial charge in [-0.2, -0.15) is 18.3 Å². The van der Waals surface area contributed by atoms with E-state index in [-0.39, 0.29) is 12.5 Å². The normalized spacial score (nSPS) is 20.6. The van der Waals surface area contributed by atoms with Gasteiger partial charge in [0.1, 0.15) is 0 Å². The number of piperidine rings is 1. The zero-order chi connectivity index (χ0) is 15.5. The third-order valence-electron chi connectivity index (χ3n) is 3.62. The standard InChI is InChI=1S/C13H18F3N3O2/c14-13(15,16)11-5-8-19(17-11)10-3-1-6-18(9-10)7-2-4-12(20)21/h5,8,10H,1-4,6-7,9H2,(H,20,21). The molecule has 0 saturated carbocycles. The molecule has 0 spiro atoms. The van der Waals surface area contributed by atoms with Crippen LogP contribution in [0.1, 0.15) is 37.4 Å². The molecule has 8 heteroatoms. The Balaban J connectivity index is 1.91. The smallest absolute Gasteiger partial charge is 0.435 e. The number of nitrogens with zero attached hydrogens (tertiary/aromatic N) is 3. The van der Waals surface area contributed by atoms with E-state index in [4.69, 9.17) is 5.11 Å². The molecule has 0 aromatic carbocycles. The number of hydrogen-bond donors (Lipinski definition) is 1. The molecule has 0 amide bonds. The van der Waals surface area contributed by atoms with Crippen LogP contribution in [0.4, 0.5) is 13.2 Å². The highest BCUT2D eigenvalue weighted by molar-refractivity contribution is 5.66. The molecule has 1 atom stereocenters. The lowest BCUT2D eigenvalue weighted by atomic mass is 10.1. The molecule has 1 fully saturated rings. The van der Waals surface area contributed by atoms with Gasteiger partial charge in [-0.1, -0.05) is 0 Å². The fourth-order valence-corrected chi connectivity index (χ4v) is 2.60. The Morgan fingerprint density at radius 2 is 2.24 bits per heavy atom. The van der Waals surface area contributed by atoms with Gasteiger partial charge in [-0.3, -0.25) is 9.48 Å². The molecule has 2 rings (SSSR count). The van der Waals surface area contributed by atoms with E-state index < -0.39 is 17.8 Å². The number of rotatable bonds is 5. The van der Waals surface area contributed by atoms with Crippen molar-refractivity contribution in [1.29, 1.82) is 0 Å². The van der Waals surface area contributed by atoms with Crippen molar-refractivity contribution in [2.45, 2.75) is 37.9 Å². The second kappa shape index (κ2) is 6.46.